The van der Waals surface area contributed by atoms with E-state index in [2.05, 4.69) is 26.6 Å². The van der Waals surface area contributed by atoms with Gasteiger partial charge >= 0.3 is 0 Å². The van der Waals surface area contributed by atoms with Gasteiger partial charge in [0.15, 0.2) is 0 Å². The summed E-state index contributed by atoms with van der Waals surface area (Å²) in [6, 6.07) is 13.1. The molecule has 2 rings (SSSR count). The molecule has 0 aliphatic heterocycles. The largest absolute Gasteiger partial charge is 0.497 e. The maximum absolute atomic E-state index is 11.9. The quantitative estimate of drug-likeness (QED) is 0.863. The molecule has 0 unspecified atom stereocenters. The topological polar surface area (TPSA) is 50.4 Å². The SMILES string of the molecule is COc1ccc(NCC(=O)Nc2ccc(Br)c(C)c2)cc1. The number of aryl methyl sites for hydroxylation is 1. The van der Waals surface area contributed by atoms with Gasteiger partial charge in [0.1, 0.15) is 5.75 Å². The zero-order valence-electron chi connectivity index (χ0n) is 11.9. The number of anilines is 2. The lowest BCUT2D eigenvalue weighted by atomic mass is 10.2. The maximum Gasteiger partial charge on any atom is 0.243 e. The molecule has 0 bridgehead atoms. The second-order valence-electron chi connectivity index (χ2n) is 4.59. The van der Waals surface area contributed by atoms with Crippen molar-refractivity contribution in [3.8, 4) is 5.75 Å². The van der Waals surface area contributed by atoms with Crippen LogP contribution in [0.1, 0.15) is 5.56 Å². The third kappa shape index (κ3) is 4.49. The van der Waals surface area contributed by atoms with Gasteiger partial charge in [-0.3, -0.25) is 4.79 Å². The summed E-state index contributed by atoms with van der Waals surface area (Å²) in [5.41, 5.74) is 2.74. The average molecular weight is 349 g/mol. The van der Waals surface area contributed by atoms with Crippen LogP contribution in [0, 0.1) is 6.92 Å². The minimum atomic E-state index is -0.0902. The summed E-state index contributed by atoms with van der Waals surface area (Å²) in [5.74, 6) is 0.697. The Hall–Kier alpha value is -2.01. The van der Waals surface area contributed by atoms with E-state index in [1.807, 2.05) is 49.4 Å². The summed E-state index contributed by atoms with van der Waals surface area (Å²) < 4.78 is 6.11. The highest BCUT2D eigenvalue weighted by Crippen LogP contribution is 2.20. The lowest BCUT2D eigenvalue weighted by Crippen LogP contribution is -2.21. The molecule has 0 heterocycles. The molecule has 0 aromatic heterocycles. The van der Waals surface area contributed by atoms with Gasteiger partial charge in [-0.15, -0.1) is 0 Å². The van der Waals surface area contributed by atoms with Gasteiger partial charge in [0.25, 0.3) is 0 Å². The molecule has 0 spiro atoms. The standard InChI is InChI=1S/C16H17BrN2O2/c1-11-9-13(5-8-15(11)17)19-16(20)10-18-12-3-6-14(21-2)7-4-12/h3-9,18H,10H2,1-2H3,(H,19,20). The van der Waals surface area contributed by atoms with Crippen LogP contribution in [0.5, 0.6) is 5.75 Å². The molecule has 0 atom stereocenters. The molecule has 4 nitrogen and oxygen atoms in total. The van der Waals surface area contributed by atoms with E-state index >= 15 is 0 Å². The van der Waals surface area contributed by atoms with Gasteiger partial charge in [-0.1, -0.05) is 15.9 Å². The molecule has 0 aliphatic rings. The average Bonchev–Trinajstić information content (AvgIpc) is 2.49. The highest BCUT2D eigenvalue weighted by atomic mass is 79.9. The monoisotopic (exact) mass is 348 g/mol. The summed E-state index contributed by atoms with van der Waals surface area (Å²) >= 11 is 3.43. The van der Waals surface area contributed by atoms with E-state index in [-0.39, 0.29) is 12.5 Å². The second-order valence-corrected chi connectivity index (χ2v) is 5.45. The van der Waals surface area contributed by atoms with Crippen LogP contribution in [-0.2, 0) is 4.79 Å². The number of ether oxygens (including phenoxy) is 1. The number of rotatable bonds is 5. The van der Waals surface area contributed by atoms with Crippen molar-refractivity contribution in [2.75, 3.05) is 24.3 Å². The molecule has 0 saturated heterocycles. The smallest absolute Gasteiger partial charge is 0.243 e. The van der Waals surface area contributed by atoms with Crippen LogP contribution in [0.25, 0.3) is 0 Å². The van der Waals surface area contributed by atoms with Crippen LogP contribution in [0.4, 0.5) is 11.4 Å². The summed E-state index contributed by atoms with van der Waals surface area (Å²) in [5, 5.41) is 5.92. The number of benzene rings is 2. The molecule has 0 radical (unpaired) electrons. The predicted molar refractivity (Wildman–Crippen MR) is 89.0 cm³/mol. The summed E-state index contributed by atoms with van der Waals surface area (Å²) in [6.45, 7) is 2.19. The first-order valence-electron chi connectivity index (χ1n) is 6.52. The number of hydrogen-bond acceptors (Lipinski definition) is 3. The van der Waals surface area contributed by atoms with Crippen LogP contribution < -0.4 is 15.4 Å². The van der Waals surface area contributed by atoms with Crippen molar-refractivity contribution < 1.29 is 9.53 Å². The molecule has 1 amide bonds. The van der Waals surface area contributed by atoms with Crippen molar-refractivity contribution in [1.82, 2.24) is 0 Å². The Labute approximate surface area is 132 Å². The molecule has 2 aromatic carbocycles. The van der Waals surface area contributed by atoms with Crippen molar-refractivity contribution in [2.45, 2.75) is 6.92 Å². The number of halogens is 1. The minimum absolute atomic E-state index is 0.0902. The minimum Gasteiger partial charge on any atom is -0.497 e. The zero-order valence-corrected chi connectivity index (χ0v) is 13.5. The maximum atomic E-state index is 11.9. The van der Waals surface area contributed by atoms with E-state index in [9.17, 15) is 4.79 Å². The fraction of sp³-hybridized carbons (Fsp3) is 0.188. The Bertz CT molecular complexity index is 627. The fourth-order valence-corrected chi connectivity index (χ4v) is 2.07. The Morgan fingerprint density at radius 3 is 2.43 bits per heavy atom. The van der Waals surface area contributed by atoms with E-state index in [4.69, 9.17) is 4.74 Å². The van der Waals surface area contributed by atoms with Crippen molar-refractivity contribution in [2.24, 2.45) is 0 Å². The summed E-state index contributed by atoms with van der Waals surface area (Å²) in [7, 11) is 1.62. The first kappa shape index (κ1) is 15.4. The van der Waals surface area contributed by atoms with E-state index in [0.717, 1.165) is 27.2 Å². The molecule has 0 fully saturated rings. The number of hydrogen-bond donors (Lipinski definition) is 2. The number of carbonyl (C=O) groups excluding carboxylic acids is 1. The summed E-state index contributed by atoms with van der Waals surface area (Å²) in [4.78, 5) is 11.9. The fourth-order valence-electron chi connectivity index (χ4n) is 1.82. The van der Waals surface area contributed by atoms with Crippen LogP contribution in [0.3, 0.4) is 0 Å². The van der Waals surface area contributed by atoms with E-state index in [0.29, 0.717) is 0 Å². The van der Waals surface area contributed by atoms with Gasteiger partial charge in [0.2, 0.25) is 5.91 Å². The molecule has 2 aromatic rings. The van der Waals surface area contributed by atoms with Crippen LogP contribution in [0.15, 0.2) is 46.9 Å². The summed E-state index contributed by atoms with van der Waals surface area (Å²) in [6.07, 6.45) is 0. The van der Waals surface area contributed by atoms with E-state index in [1.165, 1.54) is 0 Å². The van der Waals surface area contributed by atoms with Crippen molar-refractivity contribution in [3.63, 3.8) is 0 Å². The number of amides is 1. The molecule has 21 heavy (non-hydrogen) atoms. The van der Waals surface area contributed by atoms with Gasteiger partial charge in [-0.05, 0) is 55.0 Å². The molecular weight excluding hydrogens is 332 g/mol. The molecular formula is C16H17BrN2O2. The lowest BCUT2D eigenvalue weighted by molar-refractivity contribution is -0.114. The lowest BCUT2D eigenvalue weighted by Gasteiger charge is -2.09. The normalized spacial score (nSPS) is 10.0. The molecule has 0 saturated carbocycles. The first-order chi connectivity index (χ1) is 10.1. The van der Waals surface area contributed by atoms with Gasteiger partial charge in [-0.2, -0.15) is 0 Å². The zero-order chi connectivity index (χ0) is 15.2. The number of carbonyl (C=O) groups is 1. The highest BCUT2D eigenvalue weighted by molar-refractivity contribution is 9.10. The van der Waals surface area contributed by atoms with Crippen molar-refractivity contribution in [3.05, 3.63) is 52.5 Å². The van der Waals surface area contributed by atoms with Gasteiger partial charge in [0, 0.05) is 15.8 Å². The second kappa shape index (κ2) is 7.13. The van der Waals surface area contributed by atoms with Crippen LogP contribution in [-0.4, -0.2) is 19.6 Å². The molecule has 110 valence electrons. The van der Waals surface area contributed by atoms with Gasteiger partial charge in [-0.25, -0.2) is 0 Å². The predicted octanol–water partition coefficient (Wildman–Crippen LogP) is 3.82. The Kier molecular flexibility index (Phi) is 5.22. The van der Waals surface area contributed by atoms with Crippen molar-refractivity contribution in [1.29, 1.82) is 0 Å². The first-order valence-corrected chi connectivity index (χ1v) is 7.31. The van der Waals surface area contributed by atoms with Gasteiger partial charge in [0.05, 0.1) is 13.7 Å². The van der Waals surface area contributed by atoms with E-state index < -0.39 is 0 Å². The third-order valence-electron chi connectivity index (χ3n) is 2.98. The Balaban J connectivity index is 1.87. The third-order valence-corrected chi connectivity index (χ3v) is 3.87. The number of nitrogens with one attached hydrogen (secondary N) is 2. The van der Waals surface area contributed by atoms with Crippen LogP contribution in [0.2, 0.25) is 0 Å². The highest BCUT2D eigenvalue weighted by Gasteiger charge is 2.04. The van der Waals surface area contributed by atoms with Crippen LogP contribution >= 0.6 is 15.9 Å². The Morgan fingerprint density at radius 1 is 1.14 bits per heavy atom. The van der Waals surface area contributed by atoms with E-state index in [1.54, 1.807) is 7.11 Å². The molecule has 5 heteroatoms. The Morgan fingerprint density at radius 2 is 1.81 bits per heavy atom. The molecule has 2 N–H and O–H groups in total. The molecule has 0 aliphatic carbocycles. The number of methoxy groups -OCH3 is 1. The van der Waals surface area contributed by atoms with Crippen molar-refractivity contribution >= 4 is 33.2 Å². The van der Waals surface area contributed by atoms with Gasteiger partial charge < -0.3 is 15.4 Å².